The van der Waals surface area contributed by atoms with Crippen molar-refractivity contribution < 1.29 is 21.6 Å². The Balaban J connectivity index is 2.43. The largest absolute Gasteiger partial charge is 0.399 e. The van der Waals surface area contributed by atoms with Crippen LogP contribution in [0.1, 0.15) is 5.56 Å². The molecule has 0 heterocycles. The molecule has 0 spiro atoms. The van der Waals surface area contributed by atoms with E-state index >= 15 is 0 Å². The Bertz CT molecular complexity index is 760. The lowest BCUT2D eigenvalue weighted by molar-refractivity contribution is 0.561. The highest BCUT2D eigenvalue weighted by molar-refractivity contribution is 7.90. The fraction of sp³-hybridized carbons (Fsp3) is 0.0769. The summed E-state index contributed by atoms with van der Waals surface area (Å²) in [6.45, 7) is 0. The van der Waals surface area contributed by atoms with Gasteiger partial charge in [-0.3, -0.25) is 0 Å². The van der Waals surface area contributed by atoms with Gasteiger partial charge >= 0.3 is 0 Å². The Labute approximate surface area is 113 Å². The van der Waals surface area contributed by atoms with E-state index in [1.807, 2.05) is 0 Å². The molecule has 0 aliphatic heterocycles. The van der Waals surface area contributed by atoms with Crippen LogP contribution in [0, 0.1) is 17.5 Å². The second-order valence-corrected chi connectivity index (χ2v) is 6.14. The Morgan fingerprint density at radius 2 is 1.65 bits per heavy atom. The molecule has 0 aliphatic carbocycles. The molecule has 2 aromatic rings. The molecule has 0 aliphatic rings. The highest BCUT2D eigenvalue weighted by Crippen LogP contribution is 2.23. The summed E-state index contributed by atoms with van der Waals surface area (Å²) < 4.78 is 64.1. The standard InChI is InChI=1S/C13H10F3NO2S/c14-9-1-3-11(15)8(5-9)7-20(18,19)13-4-2-10(17)6-12(13)16/h1-6H,7,17H2. The van der Waals surface area contributed by atoms with Crippen molar-refractivity contribution in [3.8, 4) is 0 Å². The summed E-state index contributed by atoms with van der Waals surface area (Å²) in [5, 5.41) is 0. The van der Waals surface area contributed by atoms with Crippen LogP contribution in [0.25, 0.3) is 0 Å². The van der Waals surface area contributed by atoms with Crippen molar-refractivity contribution in [2.45, 2.75) is 10.6 Å². The van der Waals surface area contributed by atoms with Gasteiger partial charge in [-0.05, 0) is 36.4 Å². The van der Waals surface area contributed by atoms with Crippen LogP contribution in [-0.2, 0) is 15.6 Å². The predicted molar refractivity (Wildman–Crippen MR) is 68.1 cm³/mol. The zero-order valence-electron chi connectivity index (χ0n) is 10.1. The zero-order valence-corrected chi connectivity index (χ0v) is 10.9. The second kappa shape index (κ2) is 5.16. The first kappa shape index (κ1) is 14.4. The summed E-state index contributed by atoms with van der Waals surface area (Å²) in [5.74, 6) is -3.50. The van der Waals surface area contributed by atoms with Crippen molar-refractivity contribution in [1.29, 1.82) is 0 Å². The molecule has 0 saturated carbocycles. The van der Waals surface area contributed by atoms with Gasteiger partial charge in [0.1, 0.15) is 22.3 Å². The summed E-state index contributed by atoms with van der Waals surface area (Å²) in [5.41, 5.74) is 5.03. The lowest BCUT2D eigenvalue weighted by Gasteiger charge is -2.07. The van der Waals surface area contributed by atoms with Crippen molar-refractivity contribution in [3.63, 3.8) is 0 Å². The predicted octanol–water partition coefficient (Wildman–Crippen LogP) is 2.66. The molecule has 3 nitrogen and oxygen atoms in total. The minimum absolute atomic E-state index is 0.0680. The lowest BCUT2D eigenvalue weighted by Crippen LogP contribution is -2.09. The van der Waals surface area contributed by atoms with E-state index in [9.17, 15) is 21.6 Å². The van der Waals surface area contributed by atoms with Crippen LogP contribution in [0.15, 0.2) is 41.3 Å². The first-order chi connectivity index (χ1) is 9.29. The molecule has 0 fully saturated rings. The molecular weight excluding hydrogens is 291 g/mol. The average molecular weight is 301 g/mol. The maximum Gasteiger partial charge on any atom is 0.185 e. The smallest absolute Gasteiger partial charge is 0.185 e. The van der Waals surface area contributed by atoms with E-state index in [1.54, 1.807) is 0 Å². The molecule has 0 atom stereocenters. The second-order valence-electron chi connectivity index (χ2n) is 4.18. The van der Waals surface area contributed by atoms with Crippen molar-refractivity contribution in [3.05, 3.63) is 59.4 Å². The van der Waals surface area contributed by atoms with E-state index in [0.29, 0.717) is 0 Å². The quantitative estimate of drug-likeness (QED) is 0.887. The van der Waals surface area contributed by atoms with Gasteiger partial charge in [-0.15, -0.1) is 0 Å². The van der Waals surface area contributed by atoms with Gasteiger partial charge in [0.2, 0.25) is 0 Å². The van der Waals surface area contributed by atoms with Crippen molar-refractivity contribution >= 4 is 15.5 Å². The van der Waals surface area contributed by atoms with Gasteiger partial charge in [0, 0.05) is 11.3 Å². The van der Waals surface area contributed by atoms with Gasteiger partial charge < -0.3 is 5.73 Å². The average Bonchev–Trinajstić information content (AvgIpc) is 2.33. The van der Waals surface area contributed by atoms with Gasteiger partial charge in [0.05, 0.1) is 5.75 Å². The molecule has 2 N–H and O–H groups in total. The molecule has 20 heavy (non-hydrogen) atoms. The molecule has 7 heteroatoms. The number of halogens is 3. The Morgan fingerprint density at radius 1 is 0.950 bits per heavy atom. The summed E-state index contributed by atoms with van der Waals surface area (Å²) in [7, 11) is -4.14. The number of rotatable bonds is 3. The first-order valence-corrected chi connectivity index (χ1v) is 7.16. The highest BCUT2D eigenvalue weighted by atomic mass is 32.2. The maximum atomic E-state index is 13.6. The molecule has 0 bridgehead atoms. The van der Waals surface area contributed by atoms with E-state index < -0.39 is 37.9 Å². The number of hydrogen-bond donors (Lipinski definition) is 1. The molecule has 0 saturated heterocycles. The molecule has 106 valence electrons. The van der Waals surface area contributed by atoms with Gasteiger partial charge in [-0.2, -0.15) is 0 Å². The number of sulfone groups is 1. The van der Waals surface area contributed by atoms with E-state index in [0.717, 1.165) is 30.3 Å². The summed E-state index contributed by atoms with van der Waals surface area (Å²) >= 11 is 0. The first-order valence-electron chi connectivity index (χ1n) is 5.51. The Morgan fingerprint density at radius 3 is 2.30 bits per heavy atom. The van der Waals surface area contributed by atoms with Crippen LogP contribution in [0.4, 0.5) is 18.9 Å². The fourth-order valence-electron chi connectivity index (χ4n) is 1.71. The Hall–Kier alpha value is -2.02. The molecular formula is C13H10F3NO2S. The van der Waals surface area contributed by atoms with E-state index in [4.69, 9.17) is 5.73 Å². The minimum atomic E-state index is -4.14. The molecule has 2 aromatic carbocycles. The highest BCUT2D eigenvalue weighted by Gasteiger charge is 2.22. The van der Waals surface area contributed by atoms with Gasteiger partial charge in [-0.1, -0.05) is 0 Å². The van der Waals surface area contributed by atoms with Crippen LogP contribution in [0.2, 0.25) is 0 Å². The normalized spacial score (nSPS) is 11.6. The number of nitrogens with two attached hydrogens (primary N) is 1. The summed E-state index contributed by atoms with van der Waals surface area (Å²) in [6, 6.07) is 5.53. The maximum absolute atomic E-state index is 13.6. The van der Waals surface area contributed by atoms with Gasteiger partial charge in [0.25, 0.3) is 0 Å². The molecule has 0 unspecified atom stereocenters. The monoisotopic (exact) mass is 301 g/mol. The number of hydrogen-bond acceptors (Lipinski definition) is 3. The van der Waals surface area contributed by atoms with Crippen LogP contribution in [0.5, 0.6) is 0 Å². The molecule has 0 radical (unpaired) electrons. The SMILES string of the molecule is Nc1ccc(S(=O)(=O)Cc2cc(F)ccc2F)c(F)c1. The topological polar surface area (TPSA) is 60.2 Å². The van der Waals surface area contributed by atoms with E-state index in [1.165, 1.54) is 6.07 Å². The third-order valence-electron chi connectivity index (χ3n) is 2.64. The Kier molecular flexibility index (Phi) is 3.71. The summed E-state index contributed by atoms with van der Waals surface area (Å²) in [6.07, 6.45) is 0. The molecule has 0 amide bonds. The van der Waals surface area contributed by atoms with Crippen LogP contribution >= 0.6 is 0 Å². The third kappa shape index (κ3) is 2.93. The number of benzene rings is 2. The van der Waals surface area contributed by atoms with E-state index in [2.05, 4.69) is 0 Å². The minimum Gasteiger partial charge on any atom is -0.399 e. The summed E-state index contributed by atoms with van der Waals surface area (Å²) in [4.78, 5) is -0.602. The lowest BCUT2D eigenvalue weighted by atomic mass is 10.2. The number of nitrogen functional groups attached to an aromatic ring is 1. The van der Waals surface area contributed by atoms with Crippen molar-refractivity contribution in [2.24, 2.45) is 0 Å². The van der Waals surface area contributed by atoms with Crippen molar-refractivity contribution in [2.75, 3.05) is 5.73 Å². The molecule has 2 rings (SSSR count). The molecule has 0 aromatic heterocycles. The van der Waals surface area contributed by atoms with E-state index in [-0.39, 0.29) is 11.3 Å². The van der Waals surface area contributed by atoms with Crippen LogP contribution < -0.4 is 5.73 Å². The van der Waals surface area contributed by atoms with Gasteiger partial charge in [-0.25, -0.2) is 21.6 Å². The van der Waals surface area contributed by atoms with Crippen LogP contribution in [-0.4, -0.2) is 8.42 Å². The third-order valence-corrected chi connectivity index (χ3v) is 4.34. The van der Waals surface area contributed by atoms with Crippen LogP contribution in [0.3, 0.4) is 0 Å². The van der Waals surface area contributed by atoms with Crippen molar-refractivity contribution in [1.82, 2.24) is 0 Å². The van der Waals surface area contributed by atoms with Gasteiger partial charge in [0.15, 0.2) is 9.84 Å². The zero-order chi connectivity index (χ0) is 14.9. The fourth-order valence-corrected chi connectivity index (χ4v) is 3.12. The number of anilines is 1.